The molecule has 7 heteroatoms. The van der Waals surface area contributed by atoms with Gasteiger partial charge in [-0.1, -0.05) is 18.2 Å². The van der Waals surface area contributed by atoms with Gasteiger partial charge in [-0.2, -0.15) is 0 Å². The minimum atomic E-state index is -0.488. The van der Waals surface area contributed by atoms with E-state index in [9.17, 15) is 14.9 Å². The van der Waals surface area contributed by atoms with Gasteiger partial charge in [0.1, 0.15) is 11.5 Å². The summed E-state index contributed by atoms with van der Waals surface area (Å²) in [5.74, 6) is 0.903. The summed E-state index contributed by atoms with van der Waals surface area (Å²) in [4.78, 5) is 24.1. The van der Waals surface area contributed by atoms with Crippen molar-refractivity contribution < 1.29 is 19.2 Å². The van der Waals surface area contributed by atoms with Crippen LogP contribution in [0.2, 0.25) is 0 Å². The Hall–Kier alpha value is -3.09. The highest BCUT2D eigenvalue weighted by atomic mass is 16.6. The molecule has 25 heavy (non-hydrogen) atoms. The second-order valence-corrected chi connectivity index (χ2v) is 5.46. The van der Waals surface area contributed by atoms with E-state index >= 15 is 0 Å². The molecule has 0 heterocycles. The summed E-state index contributed by atoms with van der Waals surface area (Å²) < 4.78 is 10.8. The molecule has 0 aliphatic rings. The van der Waals surface area contributed by atoms with Crippen molar-refractivity contribution in [2.45, 2.75) is 13.0 Å². The van der Waals surface area contributed by atoms with Crippen molar-refractivity contribution in [1.82, 2.24) is 4.90 Å². The monoisotopic (exact) mass is 344 g/mol. The maximum absolute atomic E-state index is 12.4. The average molecular weight is 344 g/mol. The first-order chi connectivity index (χ1) is 11.9. The maximum atomic E-state index is 12.4. The van der Waals surface area contributed by atoms with E-state index in [0.717, 1.165) is 5.56 Å². The molecular weight excluding hydrogens is 324 g/mol. The normalized spacial score (nSPS) is 11.5. The number of para-hydroxylation sites is 1. The van der Waals surface area contributed by atoms with Crippen LogP contribution in [0.1, 0.15) is 18.5 Å². The Morgan fingerprint density at radius 3 is 2.44 bits per heavy atom. The Bertz CT molecular complexity index is 745. The predicted molar refractivity (Wildman–Crippen MR) is 92.8 cm³/mol. The molecule has 0 radical (unpaired) electrons. The van der Waals surface area contributed by atoms with Gasteiger partial charge in [0.15, 0.2) is 6.61 Å². The van der Waals surface area contributed by atoms with Gasteiger partial charge in [-0.25, -0.2) is 0 Å². The number of amides is 1. The van der Waals surface area contributed by atoms with Crippen LogP contribution in [0.25, 0.3) is 0 Å². The summed E-state index contributed by atoms with van der Waals surface area (Å²) >= 11 is 0. The van der Waals surface area contributed by atoms with E-state index in [2.05, 4.69) is 0 Å². The molecule has 0 aliphatic carbocycles. The highest BCUT2D eigenvalue weighted by molar-refractivity contribution is 5.78. The van der Waals surface area contributed by atoms with Crippen LogP contribution >= 0.6 is 0 Å². The second kappa shape index (κ2) is 8.14. The number of nitro groups is 1. The van der Waals surface area contributed by atoms with Gasteiger partial charge in [-0.05, 0) is 25.1 Å². The van der Waals surface area contributed by atoms with Crippen LogP contribution in [0.3, 0.4) is 0 Å². The number of carbonyl (C=O) groups excluding carboxylic acids is 1. The molecule has 0 bridgehead atoms. The molecule has 2 rings (SSSR count). The van der Waals surface area contributed by atoms with E-state index in [1.165, 1.54) is 24.3 Å². The van der Waals surface area contributed by atoms with E-state index in [1.807, 2.05) is 31.2 Å². The van der Waals surface area contributed by atoms with Crippen LogP contribution in [-0.2, 0) is 4.79 Å². The molecule has 0 aromatic heterocycles. The van der Waals surface area contributed by atoms with Crippen molar-refractivity contribution >= 4 is 11.6 Å². The Balaban J connectivity index is 1.98. The summed E-state index contributed by atoms with van der Waals surface area (Å²) in [5.41, 5.74) is 0.872. The summed E-state index contributed by atoms with van der Waals surface area (Å²) in [5, 5.41) is 10.6. The first-order valence-electron chi connectivity index (χ1n) is 7.70. The fourth-order valence-corrected chi connectivity index (χ4v) is 2.35. The summed E-state index contributed by atoms with van der Waals surface area (Å²) in [6, 6.07) is 12.9. The molecule has 132 valence electrons. The number of ether oxygens (including phenoxy) is 2. The smallest absolute Gasteiger partial charge is 0.269 e. The van der Waals surface area contributed by atoms with Gasteiger partial charge in [-0.3, -0.25) is 14.9 Å². The van der Waals surface area contributed by atoms with E-state index in [0.29, 0.717) is 11.5 Å². The Morgan fingerprint density at radius 1 is 1.20 bits per heavy atom. The molecular formula is C18H20N2O5. The zero-order valence-electron chi connectivity index (χ0n) is 14.3. The molecule has 2 aromatic carbocycles. The fourth-order valence-electron chi connectivity index (χ4n) is 2.35. The molecule has 0 fully saturated rings. The minimum Gasteiger partial charge on any atom is -0.496 e. The van der Waals surface area contributed by atoms with Crippen LogP contribution in [0, 0.1) is 10.1 Å². The highest BCUT2D eigenvalue weighted by Crippen LogP contribution is 2.28. The van der Waals surface area contributed by atoms with Gasteiger partial charge in [-0.15, -0.1) is 0 Å². The van der Waals surface area contributed by atoms with E-state index in [1.54, 1.807) is 19.1 Å². The summed E-state index contributed by atoms with van der Waals surface area (Å²) in [7, 11) is 3.28. The molecule has 1 atom stereocenters. The largest absolute Gasteiger partial charge is 0.496 e. The zero-order chi connectivity index (χ0) is 18.4. The van der Waals surface area contributed by atoms with Gasteiger partial charge in [0.05, 0.1) is 18.1 Å². The lowest BCUT2D eigenvalue weighted by molar-refractivity contribution is -0.384. The quantitative estimate of drug-likeness (QED) is 0.569. The number of nitrogens with zero attached hydrogens (tertiary/aromatic N) is 2. The lowest BCUT2D eigenvalue weighted by atomic mass is 10.1. The maximum Gasteiger partial charge on any atom is 0.269 e. The van der Waals surface area contributed by atoms with Crippen LogP contribution in [0.5, 0.6) is 11.5 Å². The molecule has 0 aliphatic heterocycles. The summed E-state index contributed by atoms with van der Waals surface area (Å²) in [6.45, 7) is 1.75. The van der Waals surface area contributed by atoms with Gasteiger partial charge >= 0.3 is 0 Å². The predicted octanol–water partition coefficient (Wildman–Crippen LogP) is 3.20. The topological polar surface area (TPSA) is 81.9 Å². The molecule has 0 spiro atoms. The zero-order valence-corrected chi connectivity index (χ0v) is 14.3. The van der Waals surface area contributed by atoms with Gasteiger partial charge in [0, 0.05) is 24.7 Å². The number of benzene rings is 2. The highest BCUT2D eigenvalue weighted by Gasteiger charge is 2.20. The van der Waals surface area contributed by atoms with E-state index in [-0.39, 0.29) is 24.2 Å². The fraction of sp³-hybridized carbons (Fsp3) is 0.278. The molecule has 1 amide bonds. The third-order valence-corrected chi connectivity index (χ3v) is 3.97. The van der Waals surface area contributed by atoms with Crippen molar-refractivity contribution in [3.63, 3.8) is 0 Å². The van der Waals surface area contributed by atoms with Gasteiger partial charge in [0.2, 0.25) is 0 Å². The standard InChI is InChI=1S/C18H20N2O5/c1-13(16-6-4-5-7-17(16)24-3)19(2)18(21)12-25-15-10-8-14(9-11-15)20(22)23/h4-11,13H,12H2,1-3H3. The third-order valence-electron chi connectivity index (χ3n) is 3.97. The van der Waals surface area contributed by atoms with Crippen molar-refractivity contribution in [1.29, 1.82) is 0 Å². The Kier molecular flexibility index (Phi) is 5.94. The number of rotatable bonds is 7. The lowest BCUT2D eigenvalue weighted by Crippen LogP contribution is -2.33. The van der Waals surface area contributed by atoms with Crippen LogP contribution < -0.4 is 9.47 Å². The van der Waals surface area contributed by atoms with E-state index < -0.39 is 4.92 Å². The van der Waals surface area contributed by atoms with Crippen LogP contribution in [-0.4, -0.2) is 36.5 Å². The van der Waals surface area contributed by atoms with Crippen LogP contribution in [0.4, 0.5) is 5.69 Å². The first-order valence-corrected chi connectivity index (χ1v) is 7.70. The van der Waals surface area contributed by atoms with Gasteiger partial charge in [0.25, 0.3) is 11.6 Å². The average Bonchev–Trinajstić information content (AvgIpc) is 2.65. The summed E-state index contributed by atoms with van der Waals surface area (Å²) in [6.07, 6.45) is 0. The van der Waals surface area contributed by atoms with Crippen molar-refractivity contribution in [3.05, 3.63) is 64.2 Å². The number of hydrogen-bond donors (Lipinski definition) is 0. The Labute approximate surface area is 145 Å². The molecule has 2 aromatic rings. The second-order valence-electron chi connectivity index (χ2n) is 5.46. The molecule has 7 nitrogen and oxygen atoms in total. The number of carbonyl (C=O) groups is 1. The van der Waals surface area contributed by atoms with Crippen molar-refractivity contribution in [2.24, 2.45) is 0 Å². The molecule has 0 N–H and O–H groups in total. The number of methoxy groups -OCH3 is 1. The number of non-ortho nitro benzene ring substituents is 1. The van der Waals surface area contributed by atoms with Crippen LogP contribution in [0.15, 0.2) is 48.5 Å². The number of nitro benzene ring substituents is 1. The van der Waals surface area contributed by atoms with Crippen molar-refractivity contribution in [3.8, 4) is 11.5 Å². The van der Waals surface area contributed by atoms with Crippen molar-refractivity contribution in [2.75, 3.05) is 20.8 Å². The van der Waals surface area contributed by atoms with E-state index in [4.69, 9.17) is 9.47 Å². The SMILES string of the molecule is COc1ccccc1C(C)N(C)C(=O)COc1ccc([N+](=O)[O-])cc1. The molecule has 1 unspecified atom stereocenters. The third kappa shape index (κ3) is 4.47. The van der Waals surface area contributed by atoms with Gasteiger partial charge < -0.3 is 14.4 Å². The molecule has 0 saturated carbocycles. The number of hydrogen-bond acceptors (Lipinski definition) is 5. The first kappa shape index (κ1) is 18.3. The Morgan fingerprint density at radius 2 is 1.84 bits per heavy atom. The molecule has 0 saturated heterocycles. The minimum absolute atomic E-state index is 0.0272. The lowest BCUT2D eigenvalue weighted by Gasteiger charge is -2.26. The number of likely N-dealkylation sites (N-methyl/N-ethyl adjacent to an activating group) is 1.